The second-order valence-corrected chi connectivity index (χ2v) is 4.51. The van der Waals surface area contributed by atoms with Gasteiger partial charge in [0.05, 0.1) is 6.61 Å². The zero-order chi connectivity index (χ0) is 14.4. The summed E-state index contributed by atoms with van der Waals surface area (Å²) in [5.41, 5.74) is 2.14. The molecular formula is C15H20N4O. The Morgan fingerprint density at radius 1 is 1.15 bits per heavy atom. The first-order valence-electron chi connectivity index (χ1n) is 6.92. The molecule has 0 amide bonds. The number of nitrogens with zero attached hydrogens (tertiary/aromatic N) is 3. The van der Waals surface area contributed by atoms with Crippen LogP contribution in [0, 0.1) is 6.92 Å². The number of anilines is 1. The molecule has 0 saturated carbocycles. The molecular weight excluding hydrogens is 252 g/mol. The van der Waals surface area contributed by atoms with E-state index in [9.17, 15) is 0 Å². The normalized spacial score (nSPS) is 10.3. The molecule has 0 bridgehead atoms. The van der Waals surface area contributed by atoms with Gasteiger partial charge in [-0.3, -0.25) is 0 Å². The summed E-state index contributed by atoms with van der Waals surface area (Å²) in [5.74, 6) is 1.18. The van der Waals surface area contributed by atoms with Gasteiger partial charge in [0.2, 0.25) is 5.95 Å². The van der Waals surface area contributed by atoms with Gasteiger partial charge in [-0.05, 0) is 26.3 Å². The second kappa shape index (κ2) is 6.84. The third-order valence-electron chi connectivity index (χ3n) is 2.66. The van der Waals surface area contributed by atoms with E-state index in [4.69, 9.17) is 4.74 Å². The van der Waals surface area contributed by atoms with E-state index in [1.807, 2.05) is 39.0 Å². The first-order chi connectivity index (χ1) is 9.72. The molecule has 0 atom stereocenters. The van der Waals surface area contributed by atoms with E-state index in [2.05, 4.69) is 26.3 Å². The van der Waals surface area contributed by atoms with Crippen LogP contribution in [0.2, 0.25) is 0 Å². The van der Waals surface area contributed by atoms with E-state index in [0.29, 0.717) is 24.4 Å². The Bertz CT molecular complexity index is 572. The third-order valence-corrected chi connectivity index (χ3v) is 2.66. The summed E-state index contributed by atoms with van der Waals surface area (Å²) < 4.78 is 5.53. The fourth-order valence-electron chi connectivity index (χ4n) is 1.76. The van der Waals surface area contributed by atoms with E-state index in [0.717, 1.165) is 18.5 Å². The Hall–Kier alpha value is -2.17. The van der Waals surface area contributed by atoms with Crippen molar-refractivity contribution in [2.75, 3.05) is 18.5 Å². The average Bonchev–Trinajstić information content (AvgIpc) is 2.45. The zero-order valence-corrected chi connectivity index (χ0v) is 12.2. The van der Waals surface area contributed by atoms with Crippen molar-refractivity contribution in [2.24, 2.45) is 0 Å². The first-order valence-corrected chi connectivity index (χ1v) is 6.92. The predicted octanol–water partition coefficient (Wildman–Crippen LogP) is 3.07. The summed E-state index contributed by atoms with van der Waals surface area (Å²) in [6, 6.07) is 8.45. The average molecular weight is 272 g/mol. The molecule has 20 heavy (non-hydrogen) atoms. The van der Waals surface area contributed by atoms with Crippen molar-refractivity contribution in [3.05, 3.63) is 29.8 Å². The molecule has 2 aromatic rings. The van der Waals surface area contributed by atoms with Crippen LogP contribution in [0.25, 0.3) is 11.4 Å². The van der Waals surface area contributed by atoms with Gasteiger partial charge in [0.1, 0.15) is 0 Å². The molecule has 106 valence electrons. The van der Waals surface area contributed by atoms with Crippen molar-refractivity contribution >= 4 is 5.95 Å². The van der Waals surface area contributed by atoms with E-state index in [1.165, 1.54) is 5.56 Å². The van der Waals surface area contributed by atoms with Gasteiger partial charge >= 0.3 is 6.01 Å². The Morgan fingerprint density at radius 3 is 2.70 bits per heavy atom. The summed E-state index contributed by atoms with van der Waals surface area (Å²) in [5, 5.41) is 3.11. The van der Waals surface area contributed by atoms with E-state index < -0.39 is 0 Å². The minimum Gasteiger partial charge on any atom is -0.463 e. The van der Waals surface area contributed by atoms with E-state index in [1.54, 1.807) is 0 Å². The van der Waals surface area contributed by atoms with Gasteiger partial charge in [-0.15, -0.1) is 0 Å². The standard InChI is InChI=1S/C15H20N4O/c1-4-9-20-15-18-13(17-14(19-15)16-5-2)12-8-6-7-11(3)10-12/h6-8,10H,4-5,9H2,1-3H3,(H,16,17,18,19). The summed E-state index contributed by atoms with van der Waals surface area (Å²) in [7, 11) is 0. The predicted molar refractivity (Wildman–Crippen MR) is 79.9 cm³/mol. The maximum absolute atomic E-state index is 5.53. The summed E-state index contributed by atoms with van der Waals surface area (Å²) in [6.07, 6.45) is 0.919. The molecule has 0 spiro atoms. The number of aryl methyl sites for hydroxylation is 1. The van der Waals surface area contributed by atoms with Gasteiger partial charge in [-0.2, -0.15) is 15.0 Å². The van der Waals surface area contributed by atoms with Crippen molar-refractivity contribution in [3.8, 4) is 17.4 Å². The number of nitrogens with one attached hydrogen (secondary N) is 1. The Labute approximate surface area is 119 Å². The fraction of sp³-hybridized carbons (Fsp3) is 0.400. The molecule has 5 heteroatoms. The van der Waals surface area contributed by atoms with Crippen LogP contribution in [0.1, 0.15) is 25.8 Å². The number of hydrogen-bond donors (Lipinski definition) is 1. The Morgan fingerprint density at radius 2 is 2.00 bits per heavy atom. The zero-order valence-electron chi connectivity index (χ0n) is 12.2. The smallest absolute Gasteiger partial charge is 0.321 e. The lowest BCUT2D eigenvalue weighted by Crippen LogP contribution is -2.08. The minimum atomic E-state index is 0.370. The lowest BCUT2D eigenvalue weighted by atomic mass is 10.1. The summed E-state index contributed by atoms with van der Waals surface area (Å²) in [6.45, 7) is 7.45. The van der Waals surface area contributed by atoms with Crippen molar-refractivity contribution < 1.29 is 4.74 Å². The van der Waals surface area contributed by atoms with Crippen LogP contribution in [0.5, 0.6) is 6.01 Å². The van der Waals surface area contributed by atoms with Crippen molar-refractivity contribution in [2.45, 2.75) is 27.2 Å². The highest BCUT2D eigenvalue weighted by molar-refractivity contribution is 5.57. The molecule has 0 aliphatic carbocycles. The quantitative estimate of drug-likeness (QED) is 0.875. The largest absolute Gasteiger partial charge is 0.463 e. The first kappa shape index (κ1) is 14.2. The number of hydrogen-bond acceptors (Lipinski definition) is 5. The number of aromatic nitrogens is 3. The molecule has 0 radical (unpaired) electrons. The highest BCUT2D eigenvalue weighted by Gasteiger charge is 2.09. The summed E-state index contributed by atoms with van der Waals surface area (Å²) >= 11 is 0. The fourth-order valence-corrected chi connectivity index (χ4v) is 1.76. The number of benzene rings is 1. The molecule has 1 aromatic carbocycles. The van der Waals surface area contributed by atoms with Crippen molar-refractivity contribution in [3.63, 3.8) is 0 Å². The van der Waals surface area contributed by atoms with Gasteiger partial charge < -0.3 is 10.1 Å². The van der Waals surface area contributed by atoms with Crippen LogP contribution in [-0.2, 0) is 0 Å². The molecule has 0 unspecified atom stereocenters. The van der Waals surface area contributed by atoms with Crippen molar-refractivity contribution in [1.82, 2.24) is 15.0 Å². The summed E-state index contributed by atoms with van der Waals surface area (Å²) in [4.78, 5) is 13.1. The van der Waals surface area contributed by atoms with Gasteiger partial charge in [0, 0.05) is 12.1 Å². The highest BCUT2D eigenvalue weighted by Crippen LogP contribution is 2.19. The molecule has 0 fully saturated rings. The molecule has 1 heterocycles. The van der Waals surface area contributed by atoms with Gasteiger partial charge in [-0.25, -0.2) is 0 Å². The van der Waals surface area contributed by atoms with E-state index >= 15 is 0 Å². The second-order valence-electron chi connectivity index (χ2n) is 4.51. The molecule has 0 saturated heterocycles. The van der Waals surface area contributed by atoms with Crippen molar-refractivity contribution in [1.29, 1.82) is 0 Å². The molecule has 2 rings (SSSR count). The van der Waals surface area contributed by atoms with Crippen LogP contribution in [0.15, 0.2) is 24.3 Å². The van der Waals surface area contributed by atoms with Crippen LogP contribution in [0.3, 0.4) is 0 Å². The highest BCUT2D eigenvalue weighted by atomic mass is 16.5. The van der Waals surface area contributed by atoms with Crippen LogP contribution in [0.4, 0.5) is 5.95 Å². The van der Waals surface area contributed by atoms with Gasteiger partial charge in [-0.1, -0.05) is 30.7 Å². The SMILES string of the molecule is CCCOc1nc(NCC)nc(-c2cccc(C)c2)n1. The Balaban J connectivity index is 2.37. The van der Waals surface area contributed by atoms with Gasteiger partial charge in [0.15, 0.2) is 5.82 Å². The van der Waals surface area contributed by atoms with Crippen LogP contribution >= 0.6 is 0 Å². The lowest BCUT2D eigenvalue weighted by Gasteiger charge is -2.08. The van der Waals surface area contributed by atoms with E-state index in [-0.39, 0.29) is 0 Å². The van der Waals surface area contributed by atoms with Crippen LogP contribution in [-0.4, -0.2) is 28.1 Å². The van der Waals surface area contributed by atoms with Crippen LogP contribution < -0.4 is 10.1 Å². The maximum atomic E-state index is 5.53. The lowest BCUT2D eigenvalue weighted by molar-refractivity contribution is 0.292. The number of ether oxygens (including phenoxy) is 1. The minimum absolute atomic E-state index is 0.370. The number of rotatable bonds is 6. The molecule has 1 aromatic heterocycles. The molecule has 5 nitrogen and oxygen atoms in total. The monoisotopic (exact) mass is 272 g/mol. The topological polar surface area (TPSA) is 59.9 Å². The van der Waals surface area contributed by atoms with Gasteiger partial charge in [0.25, 0.3) is 0 Å². The maximum Gasteiger partial charge on any atom is 0.321 e. The Kier molecular flexibility index (Phi) is 4.87. The molecule has 1 N–H and O–H groups in total. The molecule has 0 aliphatic rings. The molecule has 0 aliphatic heterocycles. The third kappa shape index (κ3) is 3.66.